The van der Waals surface area contributed by atoms with Crippen molar-refractivity contribution in [1.82, 2.24) is 49.2 Å². The molecule has 4 aliphatic carbocycles. The number of hydrogen-bond donors (Lipinski definition) is 4. The summed E-state index contributed by atoms with van der Waals surface area (Å²) in [4.78, 5) is 16.2. The summed E-state index contributed by atoms with van der Waals surface area (Å²) in [6, 6.07) is 51.9. The summed E-state index contributed by atoms with van der Waals surface area (Å²) >= 11 is 37.9. The lowest BCUT2D eigenvalue weighted by atomic mass is 9.97. The zero-order chi connectivity index (χ0) is 77.8. The maximum absolute atomic E-state index is 14.9. The van der Waals surface area contributed by atoms with Crippen LogP contribution in [0.25, 0.3) is 29.2 Å². The number of fused-ring (bicyclic) bond motifs is 4. The molecule has 574 valence electrons. The van der Waals surface area contributed by atoms with Gasteiger partial charge in [-0.05, 0) is 208 Å². The molecule has 1 aliphatic heterocycles. The van der Waals surface area contributed by atoms with Crippen molar-refractivity contribution in [3.8, 4) is 17.1 Å². The Hall–Kier alpha value is -8.39. The van der Waals surface area contributed by atoms with Crippen molar-refractivity contribution >= 4 is 108 Å². The minimum atomic E-state index is -3.72. The minimum Gasteiger partial charge on any atom is -0.390 e. The van der Waals surface area contributed by atoms with E-state index in [1.807, 2.05) is 125 Å². The van der Waals surface area contributed by atoms with Crippen LogP contribution in [0.5, 0.6) is 0 Å². The topological polar surface area (TPSA) is 198 Å². The maximum Gasteiger partial charge on any atom is 0.272 e. The number of sulfonamides is 2. The van der Waals surface area contributed by atoms with E-state index in [1.165, 1.54) is 33.7 Å². The van der Waals surface area contributed by atoms with Crippen molar-refractivity contribution in [2.75, 3.05) is 13.1 Å². The van der Waals surface area contributed by atoms with Crippen molar-refractivity contribution in [3.63, 3.8) is 0 Å². The lowest BCUT2D eigenvalue weighted by molar-refractivity contribution is 0.0852. The summed E-state index contributed by atoms with van der Waals surface area (Å²) in [5.74, 6) is -2.12. The number of aliphatic hydroxyl groups excluding tert-OH is 1. The van der Waals surface area contributed by atoms with Crippen LogP contribution in [0.4, 0.5) is 13.2 Å². The highest BCUT2D eigenvalue weighted by Gasteiger charge is 2.39. The third-order valence-electron chi connectivity index (χ3n) is 20.8. The van der Waals surface area contributed by atoms with Crippen LogP contribution in [-0.2, 0) is 65.0 Å². The summed E-state index contributed by atoms with van der Waals surface area (Å²) in [7, 11) is -7.36. The average Bonchev–Trinajstić information content (AvgIpc) is 1.61. The first-order valence-electron chi connectivity index (χ1n) is 36.6. The lowest BCUT2D eigenvalue weighted by Crippen LogP contribution is -2.44. The van der Waals surface area contributed by atoms with E-state index in [0.29, 0.717) is 89.8 Å². The van der Waals surface area contributed by atoms with E-state index in [0.717, 1.165) is 139 Å². The normalized spacial score (nSPS) is 18.3. The molecule has 6 atom stereocenters. The molecule has 27 heteroatoms. The largest absolute Gasteiger partial charge is 0.390 e. The molecule has 0 spiro atoms. The minimum absolute atomic E-state index is 0.0362. The molecule has 0 bridgehead atoms. The fourth-order valence-electron chi connectivity index (χ4n) is 15.8. The number of hydrogen-bond acceptors (Lipinski definition) is 10. The average molecular weight is 1660 g/mol. The van der Waals surface area contributed by atoms with Gasteiger partial charge in [-0.15, -0.1) is 4.83 Å². The van der Waals surface area contributed by atoms with Crippen molar-refractivity contribution in [2.45, 2.75) is 126 Å². The molecule has 16 rings (SSSR count). The number of nitrogens with one attached hydrogen (secondary N) is 3. The third-order valence-corrected chi connectivity index (χ3v) is 24.5. The second-order valence-corrected chi connectivity index (χ2v) is 34.2. The fourth-order valence-corrected chi connectivity index (χ4v) is 19.1. The molecule has 4 N–H and O–H groups in total. The number of amides is 1. The van der Waals surface area contributed by atoms with Crippen LogP contribution in [0.15, 0.2) is 193 Å². The number of aliphatic hydroxyl groups is 1. The first kappa shape index (κ1) is 79.3. The Bertz CT molecular complexity index is 5600. The third kappa shape index (κ3) is 18.6. The van der Waals surface area contributed by atoms with E-state index < -0.39 is 49.7 Å². The molecule has 1 saturated heterocycles. The molecule has 4 heterocycles. The highest BCUT2D eigenvalue weighted by atomic mass is 35.5. The Labute approximate surface area is 672 Å². The molecular formula is C84H77Cl6F3N10O6S2. The van der Waals surface area contributed by atoms with Gasteiger partial charge in [-0.1, -0.05) is 167 Å². The van der Waals surface area contributed by atoms with E-state index in [9.17, 15) is 39.9 Å². The second kappa shape index (κ2) is 34.5. The molecule has 0 saturated carbocycles. The van der Waals surface area contributed by atoms with Crippen molar-refractivity contribution in [3.05, 3.63) is 325 Å². The second-order valence-electron chi connectivity index (χ2n) is 28.4. The van der Waals surface area contributed by atoms with Gasteiger partial charge >= 0.3 is 0 Å². The highest BCUT2D eigenvalue weighted by Crippen LogP contribution is 2.45. The first-order chi connectivity index (χ1) is 53.4. The van der Waals surface area contributed by atoms with E-state index >= 15 is 0 Å². The number of carbonyl (C=O) groups is 1. The van der Waals surface area contributed by atoms with E-state index in [2.05, 4.69) is 32.1 Å². The van der Waals surface area contributed by atoms with Gasteiger partial charge in [0.25, 0.3) is 5.91 Å². The molecule has 11 aromatic rings. The van der Waals surface area contributed by atoms with Crippen molar-refractivity contribution in [1.29, 1.82) is 0 Å². The van der Waals surface area contributed by atoms with Gasteiger partial charge in [-0.25, -0.2) is 53.8 Å². The summed E-state index contributed by atoms with van der Waals surface area (Å²) in [5, 5.41) is 35.3. The number of benzene rings is 8. The summed E-state index contributed by atoms with van der Waals surface area (Å²) < 4.78 is 102. The van der Waals surface area contributed by atoms with Crippen LogP contribution < -0.4 is 14.9 Å². The monoisotopic (exact) mass is 1650 g/mol. The number of rotatable bonds is 20. The van der Waals surface area contributed by atoms with Crippen molar-refractivity contribution < 1.29 is 39.9 Å². The molecule has 8 aromatic carbocycles. The number of nitrogens with zero attached hydrogens (tertiary/aromatic N) is 7. The predicted molar refractivity (Wildman–Crippen MR) is 433 cm³/mol. The molecular weight excluding hydrogens is 1580 g/mol. The smallest absolute Gasteiger partial charge is 0.272 e. The van der Waals surface area contributed by atoms with E-state index in [-0.39, 0.29) is 41.0 Å². The summed E-state index contributed by atoms with van der Waals surface area (Å²) in [6.07, 6.45) is 12.6. The van der Waals surface area contributed by atoms with Gasteiger partial charge in [0.2, 0.25) is 20.0 Å². The van der Waals surface area contributed by atoms with Crippen LogP contribution in [0.1, 0.15) is 164 Å². The Morgan fingerprint density at radius 1 is 0.532 bits per heavy atom. The predicted octanol–water partition coefficient (Wildman–Crippen LogP) is 19.1. The number of carbonyl (C=O) groups excluding carboxylic acids is 1. The highest BCUT2D eigenvalue weighted by molar-refractivity contribution is 7.92. The molecule has 1 fully saturated rings. The van der Waals surface area contributed by atoms with Gasteiger partial charge in [0.15, 0.2) is 11.5 Å². The van der Waals surface area contributed by atoms with Gasteiger partial charge in [-0.3, -0.25) is 4.79 Å². The van der Waals surface area contributed by atoms with Crippen LogP contribution in [0.2, 0.25) is 30.1 Å². The van der Waals surface area contributed by atoms with E-state index in [4.69, 9.17) is 79.8 Å². The number of aromatic nitrogens is 6. The number of piperidine rings is 1. The van der Waals surface area contributed by atoms with Gasteiger partial charge in [0.05, 0.1) is 62.0 Å². The van der Waals surface area contributed by atoms with Crippen LogP contribution >= 0.6 is 69.6 Å². The standard InChI is InChI=1S/C29H26Cl3N3O2S.C29H24F3N3O2.C26H27Cl3N4O2S/c1-19(21-7-3-2-4-8-21)34-38(36,37)15-14-27-25-12-10-22(16-20-6-5-9-23(30)17-20)29(25)35(33-27)28-13-11-24(31)18-26(28)32;30-19-6-3-4-16(13-19)12-18-8-10-22-27(34-35(28(18)22)24-11-9-20(31)15-23(24)32)29(37)33-26-21-7-2-1-5-17(21)14-25(26)36;27-20-6-4-5-18(16-20)15-19-7-9-22-24(11-14-36(34,35)31-32-12-2-1-3-13-32)30-33(26(19)22)25-10-8-21(28)17-23(25)29/h2-9,11,13-15,17-19,22,34H,10,12,16H2,1H3;1-7,9,11,13,15,18,25-26,36H,8,10,12,14H2,(H,33,37);4-6,8,10-11,14,16-17,19,31H,1-3,7,9,12-13,15H2/b15-14+;;14-11+/t19-,22?;18?,25-,26+;/m00./s1. The summed E-state index contributed by atoms with van der Waals surface area (Å²) in [5.41, 5.74) is 14.1. The van der Waals surface area contributed by atoms with Crippen molar-refractivity contribution in [2.24, 2.45) is 0 Å². The number of halogens is 9. The Kier molecular flexibility index (Phi) is 24.7. The number of hydrazine groups is 1. The van der Waals surface area contributed by atoms with E-state index in [1.54, 1.807) is 47.5 Å². The quantitative estimate of drug-likeness (QED) is 0.0569. The maximum atomic E-state index is 14.9. The molecule has 3 aromatic heterocycles. The zero-order valence-electron chi connectivity index (χ0n) is 60.0. The Morgan fingerprint density at radius 3 is 1.57 bits per heavy atom. The zero-order valence-corrected chi connectivity index (χ0v) is 66.2. The molecule has 1 amide bonds. The van der Waals surface area contributed by atoms with Crippen LogP contribution in [0, 0.1) is 17.5 Å². The molecule has 16 nitrogen and oxygen atoms in total. The van der Waals surface area contributed by atoms with Gasteiger partial charge in [0, 0.05) is 97.0 Å². The molecule has 0 radical (unpaired) electrons. The molecule has 111 heavy (non-hydrogen) atoms. The van der Waals surface area contributed by atoms with Crippen LogP contribution in [-0.4, -0.2) is 81.4 Å². The SMILES string of the molecule is C[C@H](NS(=O)(=O)/C=C/c1nn(-c2ccc(Cl)cc2Cl)c2c1CCC2Cc1cccc(Cl)c1)c1ccccc1.O=C(N[C@@H]1c2ccccc2C[C@@H]1O)c1nn(-c2ccc(F)cc2F)c2c1CCC2Cc1cccc(F)c1.O=S(=O)(/C=C/c1nn(-c2ccc(Cl)cc2Cl)c2c1CCC2Cc1cccc(Cl)c1)NN1CCCCC1. The molecule has 5 aliphatic rings. The summed E-state index contributed by atoms with van der Waals surface area (Å²) in [6.45, 7) is 3.25. The molecule has 3 unspecified atom stereocenters. The van der Waals surface area contributed by atoms with Gasteiger partial charge in [0.1, 0.15) is 17.3 Å². The van der Waals surface area contributed by atoms with Gasteiger partial charge < -0.3 is 10.4 Å². The fraction of sp³-hybridized carbons (Fsp3) is 0.262. The Morgan fingerprint density at radius 2 is 1.02 bits per heavy atom. The lowest BCUT2D eigenvalue weighted by Gasteiger charge is -2.25. The van der Waals surface area contributed by atoms with Gasteiger partial charge in [-0.2, -0.15) is 15.3 Å². The Balaban J connectivity index is 0.000000139. The van der Waals surface area contributed by atoms with Crippen LogP contribution in [0.3, 0.4) is 0 Å². The first-order valence-corrected chi connectivity index (χ1v) is 42.0.